The molecule has 0 amide bonds. The van der Waals surface area contributed by atoms with E-state index in [0.717, 1.165) is 0 Å². The molecule has 0 aliphatic carbocycles. The van der Waals surface area contributed by atoms with E-state index in [1.54, 1.807) is 6.07 Å². The number of rotatable bonds is 4. The summed E-state index contributed by atoms with van der Waals surface area (Å²) in [6.07, 6.45) is 0.627. The third-order valence-corrected chi connectivity index (χ3v) is 2.54. The zero-order chi connectivity index (χ0) is 13.1. The Labute approximate surface area is 105 Å². The Morgan fingerprint density at radius 1 is 1.39 bits per heavy atom. The molecule has 0 saturated heterocycles. The molecule has 1 aromatic carbocycles. The van der Waals surface area contributed by atoms with Crippen molar-refractivity contribution in [1.82, 2.24) is 9.66 Å². The average molecular weight is 247 g/mol. The number of fused-ring (bicyclic) bond motifs is 1. The zero-order valence-corrected chi connectivity index (χ0v) is 10.8. The number of aromatic nitrogens is 2. The van der Waals surface area contributed by atoms with E-state index in [-0.39, 0.29) is 11.7 Å². The molecule has 0 unspecified atom stereocenters. The lowest BCUT2D eigenvalue weighted by atomic mass is 10.2. The highest BCUT2D eigenvalue weighted by Crippen LogP contribution is 2.07. The summed E-state index contributed by atoms with van der Waals surface area (Å²) in [7, 11) is 0. The molecular formula is C13H17N3O2. The van der Waals surface area contributed by atoms with E-state index in [4.69, 9.17) is 4.84 Å². The number of hydrogen-bond donors (Lipinski definition) is 1. The quantitative estimate of drug-likeness (QED) is 0.838. The van der Waals surface area contributed by atoms with Gasteiger partial charge in [0.25, 0.3) is 5.56 Å². The Bertz CT molecular complexity index is 605. The van der Waals surface area contributed by atoms with Crippen LogP contribution in [0.2, 0.25) is 0 Å². The van der Waals surface area contributed by atoms with Gasteiger partial charge in [0.15, 0.2) is 0 Å². The summed E-state index contributed by atoms with van der Waals surface area (Å²) in [5, 5.41) is 0.578. The van der Waals surface area contributed by atoms with Crippen LogP contribution in [0.3, 0.4) is 0 Å². The van der Waals surface area contributed by atoms with E-state index in [1.165, 1.54) is 4.68 Å². The number of para-hydroxylation sites is 1. The van der Waals surface area contributed by atoms with Gasteiger partial charge >= 0.3 is 0 Å². The molecule has 1 heterocycles. The summed E-state index contributed by atoms with van der Waals surface area (Å²) in [5.41, 5.74) is 3.24. The van der Waals surface area contributed by atoms with Crippen LogP contribution in [0.25, 0.3) is 10.9 Å². The Kier molecular flexibility index (Phi) is 3.62. The van der Waals surface area contributed by atoms with E-state index in [9.17, 15) is 4.79 Å². The Hall–Kier alpha value is -1.88. The molecule has 0 bridgehead atoms. The number of aryl methyl sites for hydroxylation is 1. The molecule has 96 valence electrons. The summed E-state index contributed by atoms with van der Waals surface area (Å²) in [6, 6.07) is 7.29. The SMILES string of the molecule is CCc1nc2ccccc2c(=O)n1NOC(C)C. The second kappa shape index (κ2) is 5.18. The smallest absolute Gasteiger partial charge is 0.267 e. The highest BCUT2D eigenvalue weighted by atomic mass is 16.7. The first-order valence-corrected chi connectivity index (χ1v) is 6.05. The van der Waals surface area contributed by atoms with Crippen LogP contribution in [-0.4, -0.2) is 15.8 Å². The summed E-state index contributed by atoms with van der Waals surface area (Å²) in [5.74, 6) is 0.652. The van der Waals surface area contributed by atoms with Gasteiger partial charge in [0.1, 0.15) is 5.82 Å². The van der Waals surface area contributed by atoms with Crippen LogP contribution in [0.15, 0.2) is 29.1 Å². The molecule has 0 aliphatic heterocycles. The first-order valence-electron chi connectivity index (χ1n) is 6.05. The summed E-state index contributed by atoms with van der Waals surface area (Å²) < 4.78 is 1.36. The van der Waals surface area contributed by atoms with Gasteiger partial charge in [-0.25, -0.2) is 4.98 Å². The van der Waals surface area contributed by atoms with Gasteiger partial charge in [-0.3, -0.25) is 9.63 Å². The van der Waals surface area contributed by atoms with Gasteiger partial charge in [-0.1, -0.05) is 19.1 Å². The molecule has 0 spiro atoms. The normalized spacial score (nSPS) is 11.1. The minimum atomic E-state index is -0.141. The van der Waals surface area contributed by atoms with Gasteiger partial charge in [-0.15, -0.1) is 0 Å². The topological polar surface area (TPSA) is 56.2 Å². The molecule has 5 nitrogen and oxygen atoms in total. The molecule has 5 heteroatoms. The molecule has 0 fully saturated rings. The molecule has 0 saturated carbocycles. The van der Waals surface area contributed by atoms with Crippen LogP contribution >= 0.6 is 0 Å². The van der Waals surface area contributed by atoms with Crippen molar-refractivity contribution in [2.75, 3.05) is 5.59 Å². The van der Waals surface area contributed by atoms with Crippen LogP contribution < -0.4 is 11.1 Å². The van der Waals surface area contributed by atoms with E-state index in [2.05, 4.69) is 10.6 Å². The van der Waals surface area contributed by atoms with Crippen molar-refractivity contribution in [2.45, 2.75) is 33.3 Å². The average Bonchev–Trinajstić information content (AvgIpc) is 2.37. The fourth-order valence-electron chi connectivity index (χ4n) is 1.67. The van der Waals surface area contributed by atoms with Crippen LogP contribution in [-0.2, 0) is 11.3 Å². The zero-order valence-electron chi connectivity index (χ0n) is 10.8. The maximum absolute atomic E-state index is 12.3. The molecule has 0 aliphatic rings. The number of benzene rings is 1. The van der Waals surface area contributed by atoms with Crippen molar-refractivity contribution in [3.8, 4) is 0 Å². The Balaban J connectivity index is 2.56. The second-order valence-corrected chi connectivity index (χ2v) is 4.30. The van der Waals surface area contributed by atoms with Crippen molar-refractivity contribution in [3.63, 3.8) is 0 Å². The van der Waals surface area contributed by atoms with Gasteiger partial charge in [0.2, 0.25) is 0 Å². The second-order valence-electron chi connectivity index (χ2n) is 4.30. The first-order chi connectivity index (χ1) is 8.63. The molecule has 0 atom stereocenters. The molecule has 2 aromatic rings. The minimum absolute atomic E-state index is 0.0203. The van der Waals surface area contributed by atoms with Gasteiger partial charge in [-0.05, 0) is 26.0 Å². The molecule has 1 aromatic heterocycles. The van der Waals surface area contributed by atoms with Crippen molar-refractivity contribution in [2.24, 2.45) is 0 Å². The highest BCUT2D eigenvalue weighted by molar-refractivity contribution is 5.77. The van der Waals surface area contributed by atoms with Crippen LogP contribution in [0, 0.1) is 0 Å². The summed E-state index contributed by atoms with van der Waals surface area (Å²) in [4.78, 5) is 22.0. The fourth-order valence-corrected chi connectivity index (χ4v) is 1.67. The Morgan fingerprint density at radius 3 is 2.78 bits per heavy atom. The standard InChI is InChI=1S/C13H17N3O2/c1-4-12-14-11-8-6-5-7-10(11)13(17)16(12)15-18-9(2)3/h5-9,15H,4H2,1-3H3. The van der Waals surface area contributed by atoms with Crippen molar-refractivity contribution in [1.29, 1.82) is 0 Å². The summed E-state index contributed by atoms with van der Waals surface area (Å²) in [6.45, 7) is 5.72. The van der Waals surface area contributed by atoms with Gasteiger partial charge in [0.05, 0.1) is 17.0 Å². The van der Waals surface area contributed by atoms with E-state index >= 15 is 0 Å². The predicted molar refractivity (Wildman–Crippen MR) is 71.0 cm³/mol. The maximum Gasteiger partial charge on any atom is 0.281 e. The third kappa shape index (κ3) is 2.36. The van der Waals surface area contributed by atoms with Crippen LogP contribution in [0.5, 0.6) is 0 Å². The number of nitrogens with one attached hydrogen (secondary N) is 1. The molecule has 18 heavy (non-hydrogen) atoms. The van der Waals surface area contributed by atoms with Gasteiger partial charge in [-0.2, -0.15) is 10.3 Å². The minimum Gasteiger partial charge on any atom is -0.267 e. The van der Waals surface area contributed by atoms with Gasteiger partial charge < -0.3 is 0 Å². The number of hydrogen-bond acceptors (Lipinski definition) is 4. The lowest BCUT2D eigenvalue weighted by Crippen LogP contribution is -2.34. The largest absolute Gasteiger partial charge is 0.281 e. The fraction of sp³-hybridized carbons (Fsp3) is 0.385. The van der Waals surface area contributed by atoms with Crippen molar-refractivity contribution < 1.29 is 4.84 Å². The van der Waals surface area contributed by atoms with E-state index < -0.39 is 0 Å². The van der Waals surface area contributed by atoms with Crippen LogP contribution in [0.4, 0.5) is 0 Å². The lowest BCUT2D eigenvalue weighted by molar-refractivity contribution is 0.0944. The monoisotopic (exact) mass is 247 g/mol. The first kappa shape index (κ1) is 12.6. The maximum atomic E-state index is 12.3. The predicted octanol–water partition coefficient (Wildman–Crippen LogP) is 1.84. The van der Waals surface area contributed by atoms with Crippen molar-refractivity contribution in [3.05, 3.63) is 40.4 Å². The lowest BCUT2D eigenvalue weighted by Gasteiger charge is -2.15. The molecule has 0 radical (unpaired) electrons. The van der Waals surface area contributed by atoms with Crippen LogP contribution in [0.1, 0.15) is 26.6 Å². The molecular weight excluding hydrogens is 230 g/mol. The van der Waals surface area contributed by atoms with E-state index in [1.807, 2.05) is 39.0 Å². The van der Waals surface area contributed by atoms with E-state index in [0.29, 0.717) is 23.1 Å². The summed E-state index contributed by atoms with van der Waals surface area (Å²) >= 11 is 0. The molecule has 2 rings (SSSR count). The highest BCUT2D eigenvalue weighted by Gasteiger charge is 2.09. The van der Waals surface area contributed by atoms with Gasteiger partial charge in [0, 0.05) is 6.42 Å². The van der Waals surface area contributed by atoms with Crippen molar-refractivity contribution >= 4 is 10.9 Å². The third-order valence-electron chi connectivity index (χ3n) is 2.54. The Morgan fingerprint density at radius 2 is 2.11 bits per heavy atom. The molecule has 1 N–H and O–H groups in total. The number of nitrogens with zero attached hydrogens (tertiary/aromatic N) is 2.